The molecule has 0 heterocycles. The van der Waals surface area contributed by atoms with Gasteiger partial charge in [-0.05, 0) is 58.9 Å². The second kappa shape index (κ2) is 6.16. The van der Waals surface area contributed by atoms with E-state index >= 15 is 0 Å². The third-order valence-electron chi connectivity index (χ3n) is 2.42. The van der Waals surface area contributed by atoms with Crippen LogP contribution in [0.2, 0.25) is 65.5 Å². The van der Waals surface area contributed by atoms with E-state index in [0.717, 1.165) is 0 Å². The van der Waals surface area contributed by atoms with Crippen molar-refractivity contribution >= 4 is 42.3 Å². The SMILES string of the molecule is C[SiH2][Si](C)(C)O[Si](C)(C)O[Si](C)(C)O[Si](C)(C)C. The van der Waals surface area contributed by atoms with Gasteiger partial charge < -0.3 is 12.3 Å². The number of hydrogen-bond acceptors (Lipinski definition) is 3. The monoisotopic (exact) mass is 340 g/mol. The fraction of sp³-hybridized carbons (Fsp3) is 1.00. The molecule has 0 unspecified atom stereocenters. The van der Waals surface area contributed by atoms with Crippen LogP contribution in [0.4, 0.5) is 0 Å². The zero-order valence-corrected chi connectivity index (χ0v) is 19.3. The van der Waals surface area contributed by atoms with Crippen molar-refractivity contribution < 1.29 is 12.3 Å². The van der Waals surface area contributed by atoms with E-state index in [-0.39, 0.29) is 9.04 Å². The lowest BCUT2D eigenvalue weighted by molar-refractivity contribution is 0.333. The van der Waals surface area contributed by atoms with Gasteiger partial charge in [-0.1, -0.05) is 6.55 Å². The molecule has 0 saturated heterocycles. The first kappa shape index (κ1) is 19.0. The minimum atomic E-state index is -2.05. The molecular formula is C10H32O3Si5. The van der Waals surface area contributed by atoms with Crippen LogP contribution in [-0.2, 0) is 12.3 Å². The molecule has 0 aliphatic carbocycles. The van der Waals surface area contributed by atoms with Gasteiger partial charge in [-0.25, -0.2) is 0 Å². The summed E-state index contributed by atoms with van der Waals surface area (Å²) < 4.78 is 19.0. The maximum absolute atomic E-state index is 6.41. The molecule has 0 atom stereocenters. The first-order chi connectivity index (χ1) is 7.68. The van der Waals surface area contributed by atoms with Gasteiger partial charge in [0.2, 0.25) is 0 Å². The lowest BCUT2D eigenvalue weighted by Gasteiger charge is -2.40. The van der Waals surface area contributed by atoms with Crippen LogP contribution in [0.25, 0.3) is 0 Å². The molecule has 3 nitrogen and oxygen atoms in total. The molecule has 0 fully saturated rings. The lowest BCUT2D eigenvalue weighted by Crippen LogP contribution is -2.57. The Kier molecular flexibility index (Phi) is 6.49. The lowest BCUT2D eigenvalue weighted by atomic mass is 11.8. The summed E-state index contributed by atoms with van der Waals surface area (Å²) in [4.78, 5) is 0. The largest absolute Gasteiger partial charge is 0.440 e. The molecule has 0 spiro atoms. The quantitative estimate of drug-likeness (QED) is 0.666. The normalized spacial score (nSPS) is 15.7. The van der Waals surface area contributed by atoms with Crippen LogP contribution in [0, 0.1) is 0 Å². The molecule has 0 saturated carbocycles. The molecule has 0 aliphatic heterocycles. The maximum Gasteiger partial charge on any atom is 0.312 e. The highest BCUT2D eigenvalue weighted by atomic mass is 29.2. The smallest absolute Gasteiger partial charge is 0.312 e. The molecule has 0 rings (SSSR count). The zero-order valence-electron chi connectivity index (χ0n) is 13.9. The van der Waals surface area contributed by atoms with Crippen molar-refractivity contribution in [3.05, 3.63) is 0 Å². The van der Waals surface area contributed by atoms with Crippen LogP contribution >= 0.6 is 0 Å². The number of hydrogen-bond donors (Lipinski definition) is 0. The Labute approximate surface area is 120 Å². The highest BCUT2D eigenvalue weighted by Crippen LogP contribution is 2.23. The van der Waals surface area contributed by atoms with E-state index in [2.05, 4.69) is 65.5 Å². The molecule has 0 aromatic rings. The third kappa shape index (κ3) is 8.96. The summed E-state index contributed by atoms with van der Waals surface area (Å²) in [6, 6.07) is 0. The second-order valence-corrected chi connectivity index (χ2v) is 31.1. The van der Waals surface area contributed by atoms with E-state index in [0.29, 0.717) is 0 Å². The topological polar surface area (TPSA) is 27.7 Å². The fourth-order valence-electron chi connectivity index (χ4n) is 2.11. The Balaban J connectivity index is 4.66. The van der Waals surface area contributed by atoms with Crippen molar-refractivity contribution in [2.24, 2.45) is 0 Å². The van der Waals surface area contributed by atoms with E-state index in [1.54, 1.807) is 0 Å². The van der Waals surface area contributed by atoms with Crippen molar-refractivity contribution in [1.82, 2.24) is 0 Å². The first-order valence-corrected chi connectivity index (χ1v) is 22.5. The third-order valence-corrected chi connectivity index (χ3v) is 23.1. The molecule has 0 aliphatic rings. The van der Waals surface area contributed by atoms with Gasteiger partial charge >= 0.3 is 17.1 Å². The van der Waals surface area contributed by atoms with Crippen LogP contribution in [0.3, 0.4) is 0 Å². The summed E-state index contributed by atoms with van der Waals surface area (Å²) in [5.74, 6) is 0. The Hall–Kier alpha value is 0.964. The maximum atomic E-state index is 6.41. The number of rotatable bonds is 7. The van der Waals surface area contributed by atoms with Crippen LogP contribution in [0.15, 0.2) is 0 Å². The molecule has 0 bridgehead atoms. The second-order valence-electron chi connectivity index (χ2n) is 7.33. The Morgan fingerprint density at radius 1 is 0.611 bits per heavy atom. The predicted octanol–water partition coefficient (Wildman–Crippen LogP) is 3.19. The molecule has 110 valence electrons. The van der Waals surface area contributed by atoms with Gasteiger partial charge in [0.25, 0.3) is 0 Å². The van der Waals surface area contributed by atoms with Crippen molar-refractivity contribution in [2.45, 2.75) is 65.5 Å². The summed E-state index contributed by atoms with van der Waals surface area (Å²) in [5.41, 5.74) is 0. The minimum absolute atomic E-state index is 0.0700. The average molecular weight is 341 g/mol. The van der Waals surface area contributed by atoms with E-state index in [9.17, 15) is 0 Å². The van der Waals surface area contributed by atoms with Crippen LogP contribution < -0.4 is 0 Å². The van der Waals surface area contributed by atoms with Gasteiger partial charge in [0.1, 0.15) is 0 Å². The molecule has 0 radical (unpaired) electrons. The summed E-state index contributed by atoms with van der Waals surface area (Å²) in [6.45, 7) is 22.3. The van der Waals surface area contributed by atoms with Crippen molar-refractivity contribution in [3.63, 3.8) is 0 Å². The van der Waals surface area contributed by atoms with Gasteiger partial charge in [-0.2, -0.15) is 0 Å². The van der Waals surface area contributed by atoms with Gasteiger partial charge in [0.15, 0.2) is 16.2 Å². The fourth-order valence-corrected chi connectivity index (χ4v) is 24.2. The molecule has 0 aromatic carbocycles. The summed E-state index contributed by atoms with van der Waals surface area (Å²) >= 11 is 0. The summed E-state index contributed by atoms with van der Waals surface area (Å²) in [5, 5.41) is 0. The predicted molar refractivity (Wildman–Crippen MR) is 93.5 cm³/mol. The van der Waals surface area contributed by atoms with E-state index < -0.39 is 33.3 Å². The van der Waals surface area contributed by atoms with Crippen molar-refractivity contribution in [2.75, 3.05) is 0 Å². The minimum Gasteiger partial charge on any atom is -0.440 e. The highest BCUT2D eigenvalue weighted by Gasteiger charge is 2.41. The molecule has 0 amide bonds. The Morgan fingerprint density at radius 2 is 1.00 bits per heavy atom. The van der Waals surface area contributed by atoms with E-state index in [4.69, 9.17) is 12.3 Å². The molecule has 0 aromatic heterocycles. The van der Waals surface area contributed by atoms with E-state index in [1.165, 1.54) is 0 Å². The highest BCUT2D eigenvalue weighted by molar-refractivity contribution is 7.21. The first-order valence-electron chi connectivity index (χ1n) is 6.79. The van der Waals surface area contributed by atoms with Crippen LogP contribution in [0.5, 0.6) is 0 Å². The molecule has 0 N–H and O–H groups in total. The van der Waals surface area contributed by atoms with E-state index in [1.807, 2.05) is 0 Å². The molecule has 18 heavy (non-hydrogen) atoms. The summed E-state index contributed by atoms with van der Waals surface area (Å²) in [6.07, 6.45) is 0. The zero-order chi connectivity index (χ0) is 14.8. The molecule has 8 heteroatoms. The van der Waals surface area contributed by atoms with Gasteiger partial charge in [0, 0.05) is 9.04 Å². The summed E-state index contributed by atoms with van der Waals surface area (Å²) in [7, 11) is -7.11. The van der Waals surface area contributed by atoms with Gasteiger partial charge in [-0.15, -0.1) is 0 Å². The van der Waals surface area contributed by atoms with Gasteiger partial charge in [-0.3, -0.25) is 0 Å². The van der Waals surface area contributed by atoms with Crippen LogP contribution in [0.1, 0.15) is 0 Å². The average Bonchev–Trinajstić information content (AvgIpc) is 1.93. The Bertz CT molecular complexity index is 273. The molecular weight excluding hydrogens is 309 g/mol. The Morgan fingerprint density at radius 3 is 1.33 bits per heavy atom. The standard InChI is InChI=1S/C10H32O3Si5/c1-14-18(9,10)13-17(7,8)12-16(5,6)11-15(2,3)4/h14H2,1-10H3. The van der Waals surface area contributed by atoms with Crippen molar-refractivity contribution in [3.8, 4) is 0 Å². The van der Waals surface area contributed by atoms with Gasteiger partial charge in [0.05, 0.1) is 0 Å². The van der Waals surface area contributed by atoms with Crippen molar-refractivity contribution in [1.29, 1.82) is 0 Å². The van der Waals surface area contributed by atoms with Crippen LogP contribution in [-0.4, -0.2) is 42.3 Å².